The summed E-state index contributed by atoms with van der Waals surface area (Å²) in [5.74, 6) is 0.718. The number of hydrogen-bond donors (Lipinski definition) is 1. The van der Waals surface area contributed by atoms with Crippen molar-refractivity contribution in [2.75, 3.05) is 53.1 Å². The van der Waals surface area contributed by atoms with Gasteiger partial charge in [0.25, 0.3) is 0 Å². The maximum Gasteiger partial charge on any atom is 0.0480 e. The molecule has 4 nitrogen and oxygen atoms in total. The summed E-state index contributed by atoms with van der Waals surface area (Å²) in [4.78, 5) is 2.59. The zero-order chi connectivity index (χ0) is 15.1. The summed E-state index contributed by atoms with van der Waals surface area (Å²) in [5, 5.41) is 3.70. The minimum absolute atomic E-state index is 0.389. The highest BCUT2D eigenvalue weighted by atomic mass is 16.5. The lowest BCUT2D eigenvalue weighted by Crippen LogP contribution is -2.50. The van der Waals surface area contributed by atoms with Crippen molar-refractivity contribution in [1.82, 2.24) is 10.2 Å². The summed E-state index contributed by atoms with van der Waals surface area (Å²) >= 11 is 0. The van der Waals surface area contributed by atoms with E-state index in [2.05, 4.69) is 31.1 Å². The number of rotatable bonds is 7. The van der Waals surface area contributed by atoms with Gasteiger partial charge in [-0.05, 0) is 50.6 Å². The van der Waals surface area contributed by atoms with Crippen LogP contribution in [0.15, 0.2) is 0 Å². The van der Waals surface area contributed by atoms with Gasteiger partial charge >= 0.3 is 0 Å². The molecule has 0 spiro atoms. The monoisotopic (exact) mass is 298 g/mol. The van der Waals surface area contributed by atoms with Gasteiger partial charge in [-0.2, -0.15) is 0 Å². The Morgan fingerprint density at radius 2 is 1.71 bits per heavy atom. The van der Waals surface area contributed by atoms with Crippen molar-refractivity contribution in [1.29, 1.82) is 0 Å². The Bertz CT molecular complexity index is 285. The van der Waals surface area contributed by atoms with E-state index >= 15 is 0 Å². The van der Waals surface area contributed by atoms with Crippen molar-refractivity contribution in [3.8, 4) is 0 Å². The summed E-state index contributed by atoms with van der Waals surface area (Å²) in [6, 6.07) is 0.698. The minimum Gasteiger partial charge on any atom is -0.381 e. The molecule has 2 aliphatic rings. The van der Waals surface area contributed by atoms with E-state index in [0.29, 0.717) is 11.5 Å². The molecule has 21 heavy (non-hydrogen) atoms. The normalized spacial score (nSPS) is 23.9. The third kappa shape index (κ3) is 5.51. The molecule has 0 aromatic heterocycles. The molecule has 0 aromatic rings. The van der Waals surface area contributed by atoms with Crippen molar-refractivity contribution in [2.45, 2.75) is 45.6 Å². The van der Waals surface area contributed by atoms with E-state index in [1.165, 1.54) is 32.2 Å². The summed E-state index contributed by atoms with van der Waals surface area (Å²) in [6.45, 7) is 11.7. The zero-order valence-corrected chi connectivity index (χ0v) is 14.2. The fourth-order valence-corrected chi connectivity index (χ4v) is 3.61. The average Bonchev–Trinajstić information content (AvgIpc) is 2.48. The lowest BCUT2D eigenvalue weighted by molar-refractivity contribution is -0.0209. The Balaban J connectivity index is 1.88. The van der Waals surface area contributed by atoms with E-state index in [0.717, 1.165) is 45.4 Å². The van der Waals surface area contributed by atoms with Gasteiger partial charge in [0.2, 0.25) is 0 Å². The highest BCUT2D eigenvalue weighted by molar-refractivity contribution is 4.88. The molecule has 0 bridgehead atoms. The molecule has 2 fully saturated rings. The first kappa shape index (κ1) is 17.2. The predicted octanol–water partition coefficient (Wildman–Crippen LogP) is 2.14. The van der Waals surface area contributed by atoms with E-state index in [9.17, 15) is 0 Å². The molecule has 1 N–H and O–H groups in total. The standard InChI is InChI=1S/C17H34N2O2/c1-15(2)12-18-13-17(6-10-21-11-7-17)14-19(3)16-4-8-20-9-5-16/h15-16,18H,4-14H2,1-3H3. The van der Waals surface area contributed by atoms with Gasteiger partial charge in [0.1, 0.15) is 0 Å². The Morgan fingerprint density at radius 1 is 1.10 bits per heavy atom. The maximum absolute atomic E-state index is 5.61. The zero-order valence-electron chi connectivity index (χ0n) is 14.2. The lowest BCUT2D eigenvalue weighted by Gasteiger charge is -2.43. The van der Waals surface area contributed by atoms with Crippen LogP contribution in [0.1, 0.15) is 39.5 Å². The summed E-state index contributed by atoms with van der Waals surface area (Å²) in [5.41, 5.74) is 0.389. The Labute approximate surface area is 130 Å². The van der Waals surface area contributed by atoms with Crippen LogP contribution in [-0.4, -0.2) is 64.1 Å². The van der Waals surface area contributed by atoms with Crippen LogP contribution in [0.3, 0.4) is 0 Å². The maximum atomic E-state index is 5.61. The Morgan fingerprint density at radius 3 is 2.33 bits per heavy atom. The number of ether oxygens (including phenoxy) is 2. The van der Waals surface area contributed by atoms with Crippen LogP contribution < -0.4 is 5.32 Å². The second-order valence-electron chi connectivity index (χ2n) is 7.40. The summed E-state index contributed by atoms with van der Waals surface area (Å²) in [7, 11) is 2.30. The van der Waals surface area contributed by atoms with Crippen LogP contribution >= 0.6 is 0 Å². The number of nitrogens with one attached hydrogen (secondary N) is 1. The Hall–Kier alpha value is -0.160. The van der Waals surface area contributed by atoms with Crippen molar-refractivity contribution >= 4 is 0 Å². The summed E-state index contributed by atoms with van der Waals surface area (Å²) in [6.07, 6.45) is 4.74. The first-order valence-electron chi connectivity index (χ1n) is 8.68. The highest BCUT2D eigenvalue weighted by Gasteiger charge is 2.35. The topological polar surface area (TPSA) is 33.7 Å². The first-order chi connectivity index (χ1) is 10.1. The van der Waals surface area contributed by atoms with Crippen LogP contribution in [0.25, 0.3) is 0 Å². The van der Waals surface area contributed by atoms with Gasteiger partial charge in [-0.3, -0.25) is 0 Å². The van der Waals surface area contributed by atoms with Crippen LogP contribution in [0, 0.1) is 11.3 Å². The minimum atomic E-state index is 0.389. The van der Waals surface area contributed by atoms with Gasteiger partial charge in [0.15, 0.2) is 0 Å². The van der Waals surface area contributed by atoms with Gasteiger partial charge in [0.05, 0.1) is 0 Å². The fraction of sp³-hybridized carbons (Fsp3) is 1.00. The van der Waals surface area contributed by atoms with E-state index in [4.69, 9.17) is 9.47 Å². The molecule has 2 rings (SSSR count). The van der Waals surface area contributed by atoms with E-state index in [1.807, 2.05) is 0 Å². The summed E-state index contributed by atoms with van der Waals surface area (Å²) < 4.78 is 11.1. The molecule has 0 amide bonds. The molecule has 0 unspecified atom stereocenters. The molecule has 2 heterocycles. The molecule has 0 saturated carbocycles. The molecule has 2 aliphatic heterocycles. The quantitative estimate of drug-likeness (QED) is 0.781. The van der Waals surface area contributed by atoms with Crippen LogP contribution in [-0.2, 0) is 9.47 Å². The largest absolute Gasteiger partial charge is 0.381 e. The molecule has 0 atom stereocenters. The molecular formula is C17H34N2O2. The van der Waals surface area contributed by atoms with Gasteiger partial charge < -0.3 is 19.7 Å². The second kappa shape index (κ2) is 8.47. The molecule has 0 aromatic carbocycles. The van der Waals surface area contributed by atoms with Crippen LogP contribution in [0.5, 0.6) is 0 Å². The van der Waals surface area contributed by atoms with E-state index in [-0.39, 0.29) is 0 Å². The highest BCUT2D eigenvalue weighted by Crippen LogP contribution is 2.32. The van der Waals surface area contributed by atoms with E-state index < -0.39 is 0 Å². The van der Waals surface area contributed by atoms with Crippen LogP contribution in [0.2, 0.25) is 0 Å². The third-order valence-electron chi connectivity index (χ3n) is 5.01. The van der Waals surface area contributed by atoms with Crippen molar-refractivity contribution < 1.29 is 9.47 Å². The number of nitrogens with zero attached hydrogens (tertiary/aromatic N) is 1. The van der Waals surface area contributed by atoms with Gasteiger partial charge in [-0.25, -0.2) is 0 Å². The molecule has 0 radical (unpaired) electrons. The number of hydrogen-bond acceptors (Lipinski definition) is 4. The Kier molecular flexibility index (Phi) is 6.93. The smallest absolute Gasteiger partial charge is 0.0480 e. The van der Waals surface area contributed by atoms with Crippen molar-refractivity contribution in [3.63, 3.8) is 0 Å². The SMILES string of the molecule is CC(C)CNCC1(CN(C)C2CCOCC2)CCOCC1. The molecule has 0 aliphatic carbocycles. The van der Waals surface area contributed by atoms with Crippen molar-refractivity contribution in [2.24, 2.45) is 11.3 Å². The molecule has 4 heteroatoms. The molecular weight excluding hydrogens is 264 g/mol. The fourth-order valence-electron chi connectivity index (χ4n) is 3.61. The lowest BCUT2D eigenvalue weighted by atomic mass is 9.79. The van der Waals surface area contributed by atoms with Gasteiger partial charge in [0, 0.05) is 45.6 Å². The van der Waals surface area contributed by atoms with Gasteiger partial charge in [-0.1, -0.05) is 13.8 Å². The van der Waals surface area contributed by atoms with E-state index in [1.54, 1.807) is 0 Å². The first-order valence-corrected chi connectivity index (χ1v) is 8.68. The predicted molar refractivity (Wildman–Crippen MR) is 86.7 cm³/mol. The van der Waals surface area contributed by atoms with Gasteiger partial charge in [-0.15, -0.1) is 0 Å². The molecule has 2 saturated heterocycles. The third-order valence-corrected chi connectivity index (χ3v) is 5.01. The van der Waals surface area contributed by atoms with Crippen molar-refractivity contribution in [3.05, 3.63) is 0 Å². The average molecular weight is 298 g/mol. The van der Waals surface area contributed by atoms with Crippen LogP contribution in [0.4, 0.5) is 0 Å². The molecule has 124 valence electrons. The second-order valence-corrected chi connectivity index (χ2v) is 7.40.